The molecule has 1 spiro atoms. The van der Waals surface area contributed by atoms with Gasteiger partial charge in [-0.15, -0.1) is 0 Å². The fourth-order valence-corrected chi connectivity index (χ4v) is 4.51. The largest absolute Gasteiger partial charge is 0.390 e. The maximum absolute atomic E-state index is 11.0. The third-order valence-corrected chi connectivity index (χ3v) is 5.34. The molecule has 4 aliphatic rings. The number of epoxide rings is 2. The van der Waals surface area contributed by atoms with E-state index in [9.17, 15) is 10.2 Å². The summed E-state index contributed by atoms with van der Waals surface area (Å²) in [4.78, 5) is 0. The van der Waals surface area contributed by atoms with Crippen molar-refractivity contribution < 1.29 is 19.7 Å². The van der Waals surface area contributed by atoms with E-state index < -0.39 is 22.9 Å². The van der Waals surface area contributed by atoms with Gasteiger partial charge in [-0.25, -0.2) is 0 Å². The Labute approximate surface area is 94.5 Å². The predicted octanol–water partition coefficient (Wildman–Crippen LogP) is 0.207. The molecule has 6 atom stereocenters. The quantitative estimate of drug-likeness (QED) is 0.627. The van der Waals surface area contributed by atoms with Crippen LogP contribution >= 0.6 is 0 Å². The minimum atomic E-state index is -0.872. The van der Waals surface area contributed by atoms with Crippen molar-refractivity contribution in [3.63, 3.8) is 0 Å². The van der Waals surface area contributed by atoms with Crippen LogP contribution in [0.25, 0.3) is 0 Å². The normalized spacial score (nSPS) is 66.2. The lowest BCUT2D eigenvalue weighted by Gasteiger charge is -2.41. The molecule has 0 aromatic rings. The highest BCUT2D eigenvalue weighted by molar-refractivity contribution is 5.39. The number of aliphatic hydroxyl groups is 2. The van der Waals surface area contributed by atoms with Gasteiger partial charge in [0.2, 0.25) is 0 Å². The van der Waals surface area contributed by atoms with E-state index in [0.717, 1.165) is 6.42 Å². The van der Waals surface area contributed by atoms with Gasteiger partial charge in [0.05, 0.1) is 12.2 Å². The molecule has 0 aromatic heterocycles. The lowest BCUT2D eigenvalue weighted by atomic mass is 9.68. The van der Waals surface area contributed by atoms with Gasteiger partial charge in [-0.1, -0.05) is 13.8 Å². The Hall–Kier alpha value is -0.160. The van der Waals surface area contributed by atoms with Crippen LogP contribution in [0.5, 0.6) is 0 Å². The summed E-state index contributed by atoms with van der Waals surface area (Å²) in [6.45, 7) is 4.19. The monoisotopic (exact) mass is 226 g/mol. The van der Waals surface area contributed by atoms with E-state index >= 15 is 0 Å². The smallest absolute Gasteiger partial charge is 0.131 e. The summed E-state index contributed by atoms with van der Waals surface area (Å²) in [5.74, 6) is 0.293. The number of rotatable bonds is 1. The molecule has 2 saturated carbocycles. The molecule has 4 heteroatoms. The van der Waals surface area contributed by atoms with Crippen molar-refractivity contribution in [2.45, 2.75) is 68.2 Å². The summed E-state index contributed by atoms with van der Waals surface area (Å²) in [5, 5.41) is 20.8. The van der Waals surface area contributed by atoms with Gasteiger partial charge in [0.15, 0.2) is 0 Å². The molecule has 4 rings (SSSR count). The first-order valence-electron chi connectivity index (χ1n) is 6.24. The first kappa shape index (κ1) is 9.83. The number of hydrogen-bond donors (Lipinski definition) is 2. The Morgan fingerprint density at radius 2 is 2.06 bits per heavy atom. The summed E-state index contributed by atoms with van der Waals surface area (Å²) in [6.07, 6.45) is 1.55. The van der Waals surface area contributed by atoms with Gasteiger partial charge in [0.1, 0.15) is 22.9 Å². The van der Waals surface area contributed by atoms with Crippen LogP contribution in [0, 0.1) is 5.92 Å². The highest BCUT2D eigenvalue weighted by Crippen LogP contribution is 2.74. The summed E-state index contributed by atoms with van der Waals surface area (Å²) in [7, 11) is 0. The Balaban J connectivity index is 1.79. The van der Waals surface area contributed by atoms with Crippen LogP contribution in [0.4, 0.5) is 0 Å². The zero-order chi connectivity index (χ0) is 11.3. The average Bonchev–Trinajstić information content (AvgIpc) is 3.07. The molecule has 4 fully saturated rings. The number of hydrogen-bond acceptors (Lipinski definition) is 4. The second kappa shape index (κ2) is 2.34. The van der Waals surface area contributed by atoms with Crippen LogP contribution in [-0.2, 0) is 9.47 Å². The molecule has 2 saturated heterocycles. The zero-order valence-corrected chi connectivity index (χ0v) is 9.64. The molecule has 0 unspecified atom stereocenters. The molecular formula is C12H18O4. The lowest BCUT2D eigenvalue weighted by molar-refractivity contribution is -0.124. The average molecular weight is 226 g/mol. The minimum absolute atomic E-state index is 0.132. The van der Waals surface area contributed by atoms with E-state index in [0.29, 0.717) is 18.8 Å². The van der Waals surface area contributed by atoms with Crippen LogP contribution in [-0.4, -0.2) is 45.3 Å². The standard InChI is InChI=1S/C12H18O4/c1-6(2)12-8(15-12)5-10-9(16-10)7(13)3-4-11(10,12)14/h6-9,13-14H,3-5H2,1-2H3/t7-,8-,9-,10-,11+,12+/m0/s1. The second-order valence-corrected chi connectivity index (χ2v) is 6.15. The number of fused-ring (bicyclic) bond motifs is 2. The van der Waals surface area contributed by atoms with Crippen molar-refractivity contribution in [1.82, 2.24) is 0 Å². The summed E-state index contributed by atoms with van der Waals surface area (Å²) >= 11 is 0. The molecule has 2 heterocycles. The van der Waals surface area contributed by atoms with Gasteiger partial charge in [0, 0.05) is 6.42 Å². The summed E-state index contributed by atoms with van der Waals surface area (Å²) in [5.41, 5.74) is -1.76. The van der Waals surface area contributed by atoms with Gasteiger partial charge in [-0.2, -0.15) is 0 Å². The molecule has 0 amide bonds. The van der Waals surface area contributed by atoms with Gasteiger partial charge in [-0.05, 0) is 18.8 Å². The Morgan fingerprint density at radius 1 is 1.31 bits per heavy atom. The third kappa shape index (κ3) is 0.706. The van der Waals surface area contributed by atoms with Crippen LogP contribution in [0.3, 0.4) is 0 Å². The van der Waals surface area contributed by atoms with Crippen molar-refractivity contribution >= 4 is 0 Å². The van der Waals surface area contributed by atoms with E-state index in [-0.39, 0.29) is 12.2 Å². The first-order valence-corrected chi connectivity index (χ1v) is 6.24. The zero-order valence-electron chi connectivity index (χ0n) is 9.64. The number of aliphatic hydroxyl groups excluding tert-OH is 1. The summed E-state index contributed by atoms with van der Waals surface area (Å²) in [6, 6.07) is 0. The van der Waals surface area contributed by atoms with E-state index in [1.54, 1.807) is 0 Å². The van der Waals surface area contributed by atoms with Crippen molar-refractivity contribution in [3.8, 4) is 0 Å². The molecule has 0 bridgehead atoms. The van der Waals surface area contributed by atoms with Crippen molar-refractivity contribution in [2.24, 2.45) is 5.92 Å². The molecule has 0 aromatic carbocycles. The van der Waals surface area contributed by atoms with E-state index in [1.165, 1.54) is 0 Å². The predicted molar refractivity (Wildman–Crippen MR) is 54.9 cm³/mol. The molecule has 16 heavy (non-hydrogen) atoms. The fourth-order valence-electron chi connectivity index (χ4n) is 4.51. The molecule has 4 nitrogen and oxygen atoms in total. The highest BCUT2D eigenvalue weighted by Gasteiger charge is 2.91. The van der Waals surface area contributed by atoms with E-state index in [4.69, 9.17) is 9.47 Å². The van der Waals surface area contributed by atoms with Gasteiger partial charge in [0.25, 0.3) is 0 Å². The molecule has 90 valence electrons. The maximum atomic E-state index is 11.0. The van der Waals surface area contributed by atoms with Gasteiger partial charge >= 0.3 is 0 Å². The molecular weight excluding hydrogens is 208 g/mol. The van der Waals surface area contributed by atoms with Crippen LogP contribution in [0.2, 0.25) is 0 Å². The Kier molecular flexibility index (Phi) is 1.44. The second-order valence-electron chi connectivity index (χ2n) is 6.15. The third-order valence-electron chi connectivity index (χ3n) is 5.34. The molecule has 0 radical (unpaired) electrons. The van der Waals surface area contributed by atoms with Crippen LogP contribution < -0.4 is 0 Å². The van der Waals surface area contributed by atoms with E-state index in [1.807, 2.05) is 0 Å². The lowest BCUT2D eigenvalue weighted by Crippen LogP contribution is -2.59. The maximum Gasteiger partial charge on any atom is 0.131 e. The van der Waals surface area contributed by atoms with E-state index in [2.05, 4.69) is 13.8 Å². The highest BCUT2D eigenvalue weighted by atomic mass is 16.7. The molecule has 2 N–H and O–H groups in total. The summed E-state index contributed by atoms with van der Waals surface area (Å²) < 4.78 is 11.5. The van der Waals surface area contributed by atoms with Crippen LogP contribution in [0.15, 0.2) is 0 Å². The van der Waals surface area contributed by atoms with Crippen LogP contribution in [0.1, 0.15) is 33.1 Å². The Bertz CT molecular complexity index is 370. The van der Waals surface area contributed by atoms with Gasteiger partial charge < -0.3 is 19.7 Å². The van der Waals surface area contributed by atoms with Crippen molar-refractivity contribution in [2.75, 3.05) is 0 Å². The SMILES string of the molecule is CC(C)[C@@]12O[C@H]1C[C@]13O[C@H]1[C@@H](O)CC[C@@]32O. The first-order chi connectivity index (χ1) is 7.48. The molecule has 2 aliphatic heterocycles. The van der Waals surface area contributed by atoms with Crippen molar-refractivity contribution in [1.29, 1.82) is 0 Å². The van der Waals surface area contributed by atoms with Crippen molar-refractivity contribution in [3.05, 3.63) is 0 Å². The molecule has 2 aliphatic carbocycles. The Morgan fingerprint density at radius 3 is 2.75 bits per heavy atom. The minimum Gasteiger partial charge on any atom is -0.390 e. The number of ether oxygens (including phenoxy) is 2. The fraction of sp³-hybridized carbons (Fsp3) is 1.00. The van der Waals surface area contributed by atoms with Gasteiger partial charge in [-0.3, -0.25) is 0 Å². The topological polar surface area (TPSA) is 65.5 Å².